The van der Waals surface area contributed by atoms with Gasteiger partial charge in [0.15, 0.2) is 5.82 Å². The van der Waals surface area contributed by atoms with E-state index in [1.54, 1.807) is 6.92 Å². The first kappa shape index (κ1) is 22.8. The molecule has 1 atom stereocenters. The Kier molecular flexibility index (Phi) is 5.95. The van der Waals surface area contributed by atoms with E-state index >= 15 is 0 Å². The first-order valence-corrected chi connectivity index (χ1v) is 13.1. The fourth-order valence-electron chi connectivity index (χ4n) is 5.60. The summed E-state index contributed by atoms with van der Waals surface area (Å²) in [7, 11) is 0. The van der Waals surface area contributed by atoms with Crippen LogP contribution in [0.15, 0.2) is 42.5 Å². The lowest BCUT2D eigenvalue weighted by Gasteiger charge is -2.31. The number of anilines is 1. The molecule has 0 radical (unpaired) electrons. The Morgan fingerprint density at radius 3 is 2.50 bits per heavy atom. The molecule has 4 aromatic rings. The summed E-state index contributed by atoms with van der Waals surface area (Å²) in [5, 5.41) is 5.01. The number of hydrogen-bond acceptors (Lipinski definition) is 5. The number of fused-ring (bicyclic) bond motifs is 1. The number of amides is 1. The zero-order chi connectivity index (χ0) is 24.6. The number of piperidine rings is 2. The van der Waals surface area contributed by atoms with Gasteiger partial charge >= 0.3 is 0 Å². The van der Waals surface area contributed by atoms with Crippen molar-refractivity contribution in [1.82, 2.24) is 29.6 Å². The van der Waals surface area contributed by atoms with Crippen LogP contribution in [-0.4, -0.2) is 61.7 Å². The summed E-state index contributed by atoms with van der Waals surface area (Å²) in [5.41, 5.74) is 5.14. The molecule has 2 aromatic carbocycles. The smallest absolute Gasteiger partial charge is 0.219 e. The Balaban J connectivity index is 1.38. The summed E-state index contributed by atoms with van der Waals surface area (Å²) in [4.78, 5) is 29.5. The summed E-state index contributed by atoms with van der Waals surface area (Å²) in [6, 6.07) is 14.8. The number of rotatable bonds is 4. The van der Waals surface area contributed by atoms with Gasteiger partial charge in [0, 0.05) is 50.3 Å². The molecule has 0 aliphatic carbocycles. The molecule has 1 N–H and O–H groups in total. The number of carbonyl (C=O) groups is 1. The van der Waals surface area contributed by atoms with E-state index in [0.717, 1.165) is 72.2 Å². The van der Waals surface area contributed by atoms with Crippen LogP contribution in [-0.2, 0) is 4.79 Å². The van der Waals surface area contributed by atoms with E-state index in [-0.39, 0.29) is 11.8 Å². The monoisotopic (exact) mass is 483 g/mol. The maximum absolute atomic E-state index is 12.1. The van der Waals surface area contributed by atoms with Crippen molar-refractivity contribution in [1.29, 1.82) is 0 Å². The molecule has 0 saturated carbocycles. The quantitative estimate of drug-likeness (QED) is 0.449. The third kappa shape index (κ3) is 4.36. The molecule has 2 aliphatic heterocycles. The van der Waals surface area contributed by atoms with Gasteiger partial charge in [0.25, 0.3) is 0 Å². The summed E-state index contributed by atoms with van der Waals surface area (Å²) >= 11 is 0. The highest BCUT2D eigenvalue weighted by Gasteiger charge is 2.28. The molecule has 1 amide bonds. The number of likely N-dealkylation sites (tertiary alicyclic amines) is 1. The first-order valence-electron chi connectivity index (χ1n) is 13.1. The largest absolute Gasteiger partial charge is 0.372 e. The standard InChI is InChI=1S/C28H33N7O/c1-19-29-25-13-12-24(17-26(25)30-19)35-28(22-7-6-16-34(18-22)20(2)36)31-27(32-35)21-8-10-23(11-9-21)33-14-4-3-5-15-33/h8-13,17,22H,3-7,14-16,18H2,1-2H3,(H,29,30). The van der Waals surface area contributed by atoms with Gasteiger partial charge in [-0.05, 0) is 81.5 Å². The molecule has 8 nitrogen and oxygen atoms in total. The second-order valence-corrected chi connectivity index (χ2v) is 10.1. The van der Waals surface area contributed by atoms with Gasteiger partial charge in [-0.2, -0.15) is 0 Å². The first-order chi connectivity index (χ1) is 17.5. The maximum Gasteiger partial charge on any atom is 0.219 e. The SMILES string of the molecule is CC(=O)N1CCCC(c2nc(-c3ccc(N4CCCCC4)cc3)nn2-c2ccc3nc(C)[nH]c3c2)C1. The summed E-state index contributed by atoms with van der Waals surface area (Å²) in [6.07, 6.45) is 5.80. The number of aromatic amines is 1. The minimum absolute atomic E-state index is 0.119. The normalized spacial score (nSPS) is 18.7. The van der Waals surface area contributed by atoms with Gasteiger partial charge in [-0.15, -0.1) is 5.10 Å². The lowest BCUT2D eigenvalue weighted by Crippen LogP contribution is -2.38. The summed E-state index contributed by atoms with van der Waals surface area (Å²) in [5.74, 6) is 2.77. The van der Waals surface area contributed by atoms with E-state index in [1.165, 1.54) is 24.9 Å². The zero-order valence-electron chi connectivity index (χ0n) is 21.1. The van der Waals surface area contributed by atoms with Crippen LogP contribution in [0.1, 0.15) is 56.6 Å². The van der Waals surface area contributed by atoms with Crippen molar-refractivity contribution < 1.29 is 4.79 Å². The minimum atomic E-state index is 0.119. The molecule has 2 aromatic heterocycles. The topological polar surface area (TPSA) is 82.9 Å². The van der Waals surface area contributed by atoms with Crippen molar-refractivity contribution in [2.75, 3.05) is 31.1 Å². The number of carbonyl (C=O) groups excluding carboxylic acids is 1. The molecule has 36 heavy (non-hydrogen) atoms. The molecule has 2 aliphatic rings. The minimum Gasteiger partial charge on any atom is -0.372 e. The maximum atomic E-state index is 12.1. The van der Waals surface area contributed by atoms with Gasteiger partial charge in [0.2, 0.25) is 5.91 Å². The molecule has 2 saturated heterocycles. The number of aryl methyl sites for hydroxylation is 1. The van der Waals surface area contributed by atoms with Gasteiger partial charge in [0.05, 0.1) is 16.7 Å². The highest BCUT2D eigenvalue weighted by molar-refractivity contribution is 5.77. The van der Waals surface area contributed by atoms with Gasteiger partial charge in [-0.3, -0.25) is 4.79 Å². The average molecular weight is 484 g/mol. The van der Waals surface area contributed by atoms with E-state index in [9.17, 15) is 4.79 Å². The molecule has 4 heterocycles. The van der Waals surface area contributed by atoms with E-state index in [4.69, 9.17) is 10.1 Å². The Hall–Kier alpha value is -3.68. The molecule has 186 valence electrons. The number of aromatic nitrogens is 5. The molecule has 6 rings (SSSR count). The lowest BCUT2D eigenvalue weighted by molar-refractivity contribution is -0.130. The highest BCUT2D eigenvalue weighted by Crippen LogP contribution is 2.31. The average Bonchev–Trinajstić information content (AvgIpc) is 3.52. The Morgan fingerprint density at radius 1 is 0.944 bits per heavy atom. The van der Waals surface area contributed by atoms with Crippen LogP contribution in [0.4, 0.5) is 5.69 Å². The fraction of sp³-hybridized carbons (Fsp3) is 0.429. The van der Waals surface area contributed by atoms with E-state index in [0.29, 0.717) is 6.54 Å². The van der Waals surface area contributed by atoms with Crippen molar-refractivity contribution in [3.8, 4) is 17.1 Å². The molecular formula is C28H33N7O. The lowest BCUT2D eigenvalue weighted by atomic mass is 9.97. The van der Waals surface area contributed by atoms with Gasteiger partial charge < -0.3 is 14.8 Å². The van der Waals surface area contributed by atoms with Crippen molar-refractivity contribution in [2.24, 2.45) is 0 Å². The Labute approximate surface area is 211 Å². The van der Waals surface area contributed by atoms with Gasteiger partial charge in [-0.25, -0.2) is 14.6 Å². The molecule has 8 heteroatoms. The van der Waals surface area contributed by atoms with E-state index in [2.05, 4.69) is 51.3 Å². The number of imidazole rings is 1. The van der Waals surface area contributed by atoms with Crippen LogP contribution < -0.4 is 4.90 Å². The third-order valence-corrected chi connectivity index (χ3v) is 7.54. The Bertz CT molecular complexity index is 1380. The summed E-state index contributed by atoms with van der Waals surface area (Å²) in [6.45, 7) is 7.35. The van der Waals surface area contributed by atoms with Crippen LogP contribution in [0.5, 0.6) is 0 Å². The van der Waals surface area contributed by atoms with Gasteiger partial charge in [-0.1, -0.05) is 0 Å². The van der Waals surface area contributed by atoms with Crippen LogP contribution >= 0.6 is 0 Å². The van der Waals surface area contributed by atoms with Crippen molar-refractivity contribution >= 4 is 22.6 Å². The fourth-order valence-corrected chi connectivity index (χ4v) is 5.60. The predicted molar refractivity (Wildman–Crippen MR) is 141 cm³/mol. The number of hydrogen-bond donors (Lipinski definition) is 1. The Morgan fingerprint density at radius 2 is 1.72 bits per heavy atom. The molecule has 2 fully saturated rings. The highest BCUT2D eigenvalue weighted by atomic mass is 16.2. The number of nitrogens with one attached hydrogen (secondary N) is 1. The summed E-state index contributed by atoms with van der Waals surface area (Å²) < 4.78 is 1.97. The van der Waals surface area contributed by atoms with Crippen LogP contribution in [0.2, 0.25) is 0 Å². The second-order valence-electron chi connectivity index (χ2n) is 10.1. The predicted octanol–water partition coefficient (Wildman–Crippen LogP) is 4.84. The number of H-pyrrole nitrogens is 1. The molecule has 1 unspecified atom stereocenters. The van der Waals surface area contributed by atoms with Crippen molar-refractivity contribution in [2.45, 2.75) is 51.9 Å². The van der Waals surface area contributed by atoms with E-state index in [1.807, 2.05) is 22.6 Å². The van der Waals surface area contributed by atoms with E-state index < -0.39 is 0 Å². The van der Waals surface area contributed by atoms with Crippen LogP contribution in [0, 0.1) is 6.92 Å². The van der Waals surface area contributed by atoms with Crippen LogP contribution in [0.3, 0.4) is 0 Å². The van der Waals surface area contributed by atoms with Crippen molar-refractivity contribution in [3.05, 3.63) is 54.1 Å². The zero-order valence-corrected chi connectivity index (χ0v) is 21.1. The second kappa shape index (κ2) is 9.41. The number of nitrogens with zero attached hydrogens (tertiary/aromatic N) is 6. The third-order valence-electron chi connectivity index (χ3n) is 7.54. The van der Waals surface area contributed by atoms with Crippen molar-refractivity contribution in [3.63, 3.8) is 0 Å². The van der Waals surface area contributed by atoms with Gasteiger partial charge in [0.1, 0.15) is 11.6 Å². The molecular weight excluding hydrogens is 450 g/mol. The number of benzene rings is 2. The van der Waals surface area contributed by atoms with Crippen LogP contribution in [0.25, 0.3) is 28.1 Å². The molecule has 0 bridgehead atoms. The molecule has 0 spiro atoms.